The van der Waals surface area contributed by atoms with E-state index in [4.69, 9.17) is 18.9 Å². The number of fused-ring (bicyclic) bond motifs is 1. The predicted octanol–water partition coefficient (Wildman–Crippen LogP) is 6.87. The smallest absolute Gasteiger partial charge is 0.245 e. The summed E-state index contributed by atoms with van der Waals surface area (Å²) in [6.07, 6.45) is 4.97. The first kappa shape index (κ1) is 29.5. The lowest BCUT2D eigenvalue weighted by atomic mass is 9.88. The zero-order valence-electron chi connectivity index (χ0n) is 24.0. The summed E-state index contributed by atoms with van der Waals surface area (Å²) in [5.74, 6) is 2.25. The van der Waals surface area contributed by atoms with Gasteiger partial charge in [0.15, 0.2) is 0 Å². The minimum Gasteiger partial charge on any atom is -0.476 e. The third-order valence-corrected chi connectivity index (χ3v) is 9.34. The van der Waals surface area contributed by atoms with E-state index in [1.54, 1.807) is 6.20 Å². The van der Waals surface area contributed by atoms with Crippen LogP contribution in [0.4, 0.5) is 5.95 Å². The molecule has 1 aromatic carbocycles. The summed E-state index contributed by atoms with van der Waals surface area (Å²) in [7, 11) is -1.68. The van der Waals surface area contributed by atoms with Crippen molar-refractivity contribution in [2.75, 3.05) is 10.1 Å². The maximum absolute atomic E-state index is 11.5. The number of rotatable bonds is 11. The Morgan fingerprint density at radius 2 is 1.93 bits per heavy atom. The first-order chi connectivity index (χ1) is 19.5. The largest absolute Gasteiger partial charge is 0.476 e. The minimum absolute atomic E-state index is 0.0158. The molecule has 12 heteroatoms. The zero-order chi connectivity index (χ0) is 29.1. The number of hydrogen-bond donors (Lipinski definition) is 3. The molecule has 218 valence electrons. The molecule has 0 radical (unpaired) electrons. The summed E-state index contributed by atoms with van der Waals surface area (Å²) in [6.45, 7) is 11.6. The number of hydrogen-bond acceptors (Lipinski definition) is 9. The molecule has 0 bridgehead atoms. The van der Waals surface area contributed by atoms with E-state index < -0.39 is 26.8 Å². The van der Waals surface area contributed by atoms with Gasteiger partial charge in [-0.15, -0.1) is 0 Å². The Balaban J connectivity index is 1.35. The van der Waals surface area contributed by atoms with Gasteiger partial charge >= 0.3 is 0 Å². The molecule has 3 aromatic heterocycles. The van der Waals surface area contributed by atoms with Crippen LogP contribution in [0.2, 0.25) is 0 Å². The summed E-state index contributed by atoms with van der Waals surface area (Å²) in [6, 6.07) is 9.99. The van der Waals surface area contributed by atoms with E-state index in [2.05, 4.69) is 44.6 Å². The third-order valence-electron chi connectivity index (χ3n) is 6.78. The van der Waals surface area contributed by atoms with E-state index in [0.29, 0.717) is 36.6 Å². The highest BCUT2D eigenvalue weighted by Crippen LogP contribution is 2.41. The Kier molecular flexibility index (Phi) is 9.00. The highest BCUT2D eigenvalue weighted by Gasteiger charge is 2.28. The van der Waals surface area contributed by atoms with Crippen molar-refractivity contribution in [3.63, 3.8) is 0 Å². The molecule has 3 heterocycles. The number of aromatic nitrogens is 4. The van der Waals surface area contributed by atoms with Gasteiger partial charge in [-0.3, -0.25) is 3.53 Å². The summed E-state index contributed by atoms with van der Waals surface area (Å²) in [5, 5.41) is 3.61. The van der Waals surface area contributed by atoms with Crippen LogP contribution in [0.5, 0.6) is 5.88 Å². The zero-order valence-corrected chi connectivity index (χ0v) is 26.9. The second kappa shape index (κ2) is 12.5. The van der Waals surface area contributed by atoms with Gasteiger partial charge in [-0.2, -0.15) is 9.19 Å². The van der Waals surface area contributed by atoms with Crippen molar-refractivity contribution >= 4 is 44.0 Å². The van der Waals surface area contributed by atoms with Gasteiger partial charge in [0, 0.05) is 36.2 Å². The number of nitrogens with zero attached hydrogens (tertiary/aromatic N) is 4. The Bertz CT molecular complexity index is 1670. The van der Waals surface area contributed by atoms with Crippen LogP contribution in [0, 0.1) is 24.0 Å². The molecule has 1 fully saturated rings. The monoisotopic (exact) mass is 689 g/mol. The lowest BCUT2D eigenvalue weighted by Gasteiger charge is -2.27. The fourth-order valence-electron chi connectivity index (χ4n) is 4.85. The molecule has 41 heavy (non-hydrogen) atoms. The van der Waals surface area contributed by atoms with E-state index >= 15 is 0 Å². The molecule has 1 saturated carbocycles. The van der Waals surface area contributed by atoms with E-state index in [0.717, 1.165) is 45.8 Å². The maximum atomic E-state index is 11.5. The number of anilines is 1. The van der Waals surface area contributed by atoms with Crippen molar-refractivity contribution in [2.24, 2.45) is 5.41 Å². The van der Waals surface area contributed by atoms with Crippen LogP contribution in [0.3, 0.4) is 0 Å². The van der Waals surface area contributed by atoms with Crippen LogP contribution in [-0.2, 0) is 13.8 Å². The molecule has 0 saturated heterocycles. The lowest BCUT2D eigenvalue weighted by molar-refractivity contribution is 0.208. The molecular formula is C29H36IN7O3S. The van der Waals surface area contributed by atoms with Crippen LogP contribution in [0.1, 0.15) is 68.5 Å². The summed E-state index contributed by atoms with van der Waals surface area (Å²) < 4.78 is 34.0. The van der Waals surface area contributed by atoms with Crippen LogP contribution in [-0.4, -0.2) is 36.8 Å². The molecule has 4 aromatic rings. The van der Waals surface area contributed by atoms with Gasteiger partial charge in [-0.05, 0) is 49.7 Å². The first-order valence-electron chi connectivity index (χ1n) is 13.6. The SMILES string of the molecule is Cc1cccc(C)c1-c1cc(OC[C@@H](CC(C)(C)C)NCc2cnc3oc(C4CC4)cc3n2)nc(NI=S(=N)=O)n1. The molecule has 1 aliphatic rings. The third kappa shape index (κ3) is 8.07. The second-order valence-corrected chi connectivity index (χ2v) is 16.6. The molecule has 0 spiro atoms. The van der Waals surface area contributed by atoms with Crippen LogP contribution in [0.25, 0.3) is 22.5 Å². The Hall–Kier alpha value is -2.97. The van der Waals surface area contributed by atoms with Gasteiger partial charge in [0.25, 0.3) is 0 Å². The van der Waals surface area contributed by atoms with Gasteiger partial charge < -0.3 is 14.5 Å². The fraction of sp³-hybridized carbons (Fsp3) is 0.448. The minimum atomic E-state index is -1.68. The van der Waals surface area contributed by atoms with Gasteiger partial charge in [0.1, 0.15) is 44.7 Å². The van der Waals surface area contributed by atoms with Gasteiger partial charge in [-0.1, -0.05) is 39.0 Å². The van der Waals surface area contributed by atoms with E-state index in [9.17, 15) is 4.21 Å². The van der Waals surface area contributed by atoms with Crippen molar-refractivity contribution in [1.29, 1.82) is 4.78 Å². The van der Waals surface area contributed by atoms with E-state index in [1.165, 1.54) is 12.8 Å². The number of benzene rings is 1. The first-order valence-corrected chi connectivity index (χ1v) is 18.4. The summed E-state index contributed by atoms with van der Waals surface area (Å²) in [5.41, 5.74) is 6.21. The average Bonchev–Trinajstić information content (AvgIpc) is 3.67. The number of nitrogens with one attached hydrogen (secondary N) is 3. The number of halogens is 1. The predicted molar refractivity (Wildman–Crippen MR) is 169 cm³/mol. The molecule has 5 rings (SSSR count). The van der Waals surface area contributed by atoms with Crippen molar-refractivity contribution in [2.45, 2.75) is 72.4 Å². The highest BCUT2D eigenvalue weighted by molar-refractivity contribution is 14.2. The number of ether oxygens (including phenoxy) is 1. The molecule has 1 aliphatic carbocycles. The molecular weight excluding hydrogens is 653 g/mol. The van der Waals surface area contributed by atoms with Gasteiger partial charge in [-0.25, -0.2) is 19.7 Å². The van der Waals surface area contributed by atoms with E-state index in [-0.39, 0.29) is 11.5 Å². The van der Waals surface area contributed by atoms with Gasteiger partial charge in [0.05, 0.1) is 17.6 Å². The lowest BCUT2D eigenvalue weighted by Crippen LogP contribution is -2.37. The van der Waals surface area contributed by atoms with Crippen molar-refractivity contribution in [3.8, 4) is 17.1 Å². The van der Waals surface area contributed by atoms with Gasteiger partial charge in [0.2, 0.25) is 17.5 Å². The molecule has 10 nitrogen and oxygen atoms in total. The highest BCUT2D eigenvalue weighted by atomic mass is 127. The Morgan fingerprint density at radius 1 is 1.17 bits per heavy atom. The fourth-order valence-corrected chi connectivity index (χ4v) is 6.43. The van der Waals surface area contributed by atoms with E-state index in [1.807, 2.05) is 44.2 Å². The average molecular weight is 690 g/mol. The van der Waals surface area contributed by atoms with Crippen LogP contribution >= 0.6 is 19.5 Å². The molecule has 0 aliphatic heterocycles. The number of furan rings is 1. The molecule has 0 amide bonds. The standard InChI is InChI=1S/C29H36IN7O3S/c1-17-7-6-8-18(2)26(17)22-12-25(36-28(35-22)37-30-41(31)38)39-16-20(13-29(3,4)5)32-14-21-15-33-27-23(34-21)11-24(40-27)19-9-10-19/h6-8,11-12,15,19-20,31-32H,9-10,13-14,16H2,1-5H3,(H,35,36,37)/t20-/m1/s1. The van der Waals surface area contributed by atoms with Crippen LogP contribution < -0.4 is 13.6 Å². The molecule has 0 unspecified atom stereocenters. The number of aryl methyl sites for hydroxylation is 2. The Morgan fingerprint density at radius 3 is 2.61 bits per heavy atom. The molecule has 3 N–H and O–H groups in total. The van der Waals surface area contributed by atoms with Crippen molar-refractivity contribution < 1.29 is 13.4 Å². The topological polar surface area (TPSA) is 139 Å². The van der Waals surface area contributed by atoms with Crippen molar-refractivity contribution in [3.05, 3.63) is 59.1 Å². The van der Waals surface area contributed by atoms with Crippen LogP contribution in [0.15, 0.2) is 40.9 Å². The quantitative estimate of drug-likeness (QED) is 0.114. The van der Waals surface area contributed by atoms with Crippen molar-refractivity contribution in [1.82, 2.24) is 25.3 Å². The second-order valence-electron chi connectivity index (χ2n) is 11.7. The summed E-state index contributed by atoms with van der Waals surface area (Å²) >= 11 is -1.13. The normalized spacial score (nSPS) is 14.3. The summed E-state index contributed by atoms with van der Waals surface area (Å²) in [4.78, 5) is 18.5. The Labute approximate surface area is 250 Å². The molecule has 1 atom stereocenters. The maximum Gasteiger partial charge on any atom is 0.245 e.